The van der Waals surface area contributed by atoms with Crippen LogP contribution in [0.2, 0.25) is 0 Å². The molecule has 4 aromatic rings. The van der Waals surface area contributed by atoms with Crippen LogP contribution in [0, 0.1) is 0 Å². The number of halogens is 2. The van der Waals surface area contributed by atoms with Crippen molar-refractivity contribution < 1.29 is 46.2 Å². The van der Waals surface area contributed by atoms with E-state index in [-0.39, 0.29) is 34.2 Å². The number of imidazole rings is 2. The first-order chi connectivity index (χ1) is 21.7. The van der Waals surface area contributed by atoms with E-state index >= 15 is 8.78 Å². The van der Waals surface area contributed by atoms with Gasteiger partial charge in [-0.2, -0.15) is 9.97 Å². The standard InChI is InChI=1S/C21H25F2N11O10P2/c22-8-12-6(41-18(8)33-4-26-10-14(33)29-20(24)31-16(10)35)1-2-45(37,38)43-13-7(3-28-46(39,40)44-12)42-19(9(13)23)34-5-27-11-15(34)30-21(25)32-17(11)36/h4-9,12-13,18-19H,1-3H2,(H,37,38)(H2,28,39,40)(H3,24,29,31,35)(H3,25,30,32,36)/t6-,7-,8?,9?,12+,13+,18-,19-/m1/s1. The number of nitrogen functional groups attached to an aromatic ring is 2. The summed E-state index contributed by atoms with van der Waals surface area (Å²) >= 11 is 0. The Labute approximate surface area is 253 Å². The van der Waals surface area contributed by atoms with Crippen molar-refractivity contribution in [3.63, 3.8) is 0 Å². The molecule has 7 rings (SSSR count). The summed E-state index contributed by atoms with van der Waals surface area (Å²) in [6, 6.07) is 0. The van der Waals surface area contributed by atoms with Gasteiger partial charge in [0.2, 0.25) is 11.9 Å². The predicted octanol–water partition coefficient (Wildman–Crippen LogP) is -1.06. The molecule has 248 valence electrons. The van der Waals surface area contributed by atoms with E-state index in [0.717, 1.165) is 21.8 Å². The number of H-pyrrole nitrogens is 2. The van der Waals surface area contributed by atoms with Crippen LogP contribution >= 0.6 is 15.3 Å². The van der Waals surface area contributed by atoms with Crippen molar-refractivity contribution in [3.8, 4) is 0 Å². The van der Waals surface area contributed by atoms with Gasteiger partial charge in [-0.15, -0.1) is 0 Å². The zero-order chi connectivity index (χ0) is 32.7. The highest BCUT2D eigenvalue weighted by Gasteiger charge is 2.54. The Balaban J connectivity index is 1.18. The molecule has 4 aromatic heterocycles. The number of fused-ring (bicyclic) bond motifs is 4. The van der Waals surface area contributed by atoms with E-state index in [1.165, 1.54) is 0 Å². The smallest absolute Gasteiger partial charge is 0.369 e. The van der Waals surface area contributed by atoms with Gasteiger partial charge in [0.15, 0.2) is 47.1 Å². The van der Waals surface area contributed by atoms with Crippen LogP contribution in [0.4, 0.5) is 20.7 Å². The van der Waals surface area contributed by atoms with E-state index in [2.05, 4.69) is 35.0 Å². The third kappa shape index (κ3) is 5.32. The average Bonchev–Trinajstić information content (AvgIpc) is 3.72. The maximum atomic E-state index is 16.0. The molecule has 0 aromatic carbocycles. The van der Waals surface area contributed by atoms with E-state index in [1.54, 1.807) is 0 Å². The lowest BCUT2D eigenvalue weighted by Gasteiger charge is -2.28. The quantitative estimate of drug-likeness (QED) is 0.123. The number of rotatable bonds is 2. The van der Waals surface area contributed by atoms with E-state index < -0.39 is 94.8 Å². The topological polar surface area (TPSA) is 303 Å². The molecule has 3 fully saturated rings. The second-order valence-electron chi connectivity index (χ2n) is 10.7. The highest BCUT2D eigenvalue weighted by Crippen LogP contribution is 2.52. The third-order valence-corrected chi connectivity index (χ3v) is 10.2. The molecule has 9 N–H and O–H groups in total. The van der Waals surface area contributed by atoms with Gasteiger partial charge in [-0.3, -0.25) is 42.3 Å². The molecule has 10 atom stereocenters. The van der Waals surface area contributed by atoms with E-state index in [0.29, 0.717) is 0 Å². The zero-order valence-corrected chi connectivity index (χ0v) is 24.8. The lowest BCUT2D eigenvalue weighted by atomic mass is 10.1. The van der Waals surface area contributed by atoms with Gasteiger partial charge in [0.05, 0.1) is 24.9 Å². The lowest BCUT2D eigenvalue weighted by Crippen LogP contribution is -2.40. The fourth-order valence-corrected chi connectivity index (χ4v) is 8.07. The van der Waals surface area contributed by atoms with Gasteiger partial charge >= 0.3 is 15.3 Å². The molecule has 0 aliphatic carbocycles. The fourth-order valence-electron chi connectivity index (χ4n) is 5.68. The number of nitrogens with zero attached hydrogens (tertiary/aromatic N) is 6. The second-order valence-corrected chi connectivity index (χ2v) is 14.2. The SMILES string of the molecule is Nc1nc2c(ncn2[C@@H]2O[C@@H]3CNP(=O)(O)O[C@@H]4C(F)[C@H](n5cnc6c(=O)[nH]c(N)nc65)O[C@@H]4CCP(=O)(O)O[C@@H]3C2F)c(=O)[nH]1. The molecule has 3 saturated heterocycles. The van der Waals surface area contributed by atoms with Crippen LogP contribution in [0.15, 0.2) is 22.2 Å². The molecule has 0 bridgehead atoms. The number of aromatic amines is 2. The predicted molar refractivity (Wildman–Crippen MR) is 150 cm³/mol. The Kier molecular flexibility index (Phi) is 7.38. The number of nitrogens with two attached hydrogens (primary N) is 2. The highest BCUT2D eigenvalue weighted by atomic mass is 31.2. The first-order valence-corrected chi connectivity index (χ1v) is 16.9. The first kappa shape index (κ1) is 31.0. The minimum Gasteiger partial charge on any atom is -0.369 e. The third-order valence-electron chi connectivity index (χ3n) is 7.72. The monoisotopic (exact) mass is 691 g/mol. The minimum absolute atomic E-state index is 0.158. The summed E-state index contributed by atoms with van der Waals surface area (Å²) in [4.78, 5) is 66.0. The Morgan fingerprint density at radius 2 is 1.35 bits per heavy atom. The van der Waals surface area contributed by atoms with E-state index in [1.807, 2.05) is 0 Å². The van der Waals surface area contributed by atoms with Crippen molar-refractivity contribution in [2.75, 3.05) is 24.2 Å². The molecular formula is C21H25F2N11O10P2. The van der Waals surface area contributed by atoms with Crippen molar-refractivity contribution >= 4 is 49.6 Å². The average molecular weight is 691 g/mol. The van der Waals surface area contributed by atoms with Crippen molar-refractivity contribution in [1.29, 1.82) is 0 Å². The van der Waals surface area contributed by atoms with Gasteiger partial charge < -0.3 is 30.7 Å². The van der Waals surface area contributed by atoms with Gasteiger partial charge in [0.25, 0.3) is 11.1 Å². The van der Waals surface area contributed by atoms with Crippen LogP contribution in [0.25, 0.3) is 22.3 Å². The highest BCUT2D eigenvalue weighted by molar-refractivity contribution is 7.52. The summed E-state index contributed by atoms with van der Waals surface area (Å²) in [5.74, 6) is -0.596. The molecule has 0 saturated carbocycles. The molecule has 25 heteroatoms. The number of nitrogens with one attached hydrogen (secondary N) is 3. The molecular weight excluding hydrogens is 666 g/mol. The summed E-state index contributed by atoms with van der Waals surface area (Å²) in [6.45, 7) is -0.686. The minimum atomic E-state index is -4.91. The van der Waals surface area contributed by atoms with Crippen molar-refractivity contribution in [1.82, 2.24) is 44.1 Å². The van der Waals surface area contributed by atoms with Crippen molar-refractivity contribution in [2.24, 2.45) is 0 Å². The van der Waals surface area contributed by atoms with Crippen LogP contribution in [0.5, 0.6) is 0 Å². The van der Waals surface area contributed by atoms with Crippen LogP contribution in [0.3, 0.4) is 0 Å². The van der Waals surface area contributed by atoms with Gasteiger partial charge in [0.1, 0.15) is 18.3 Å². The van der Waals surface area contributed by atoms with E-state index in [9.17, 15) is 28.5 Å². The molecule has 46 heavy (non-hydrogen) atoms. The number of hydrogen-bond donors (Lipinski definition) is 7. The number of alkyl halides is 2. The lowest BCUT2D eigenvalue weighted by molar-refractivity contribution is -0.0260. The molecule has 7 heterocycles. The summed E-state index contributed by atoms with van der Waals surface area (Å²) in [5.41, 5.74) is 9.09. The van der Waals surface area contributed by atoms with Gasteiger partial charge in [-0.1, -0.05) is 0 Å². The van der Waals surface area contributed by atoms with Crippen LogP contribution < -0.4 is 27.7 Å². The molecule has 3 aliphatic rings. The van der Waals surface area contributed by atoms with Crippen molar-refractivity contribution in [3.05, 3.63) is 33.4 Å². The normalized spacial score (nSPS) is 37.1. The summed E-state index contributed by atoms with van der Waals surface area (Å²) in [5, 5.41) is 2.16. The Hall–Kier alpha value is -3.66. The number of hydrogen-bond acceptors (Lipinski definition) is 14. The number of aromatic nitrogens is 8. The molecule has 21 nitrogen and oxygen atoms in total. The Morgan fingerprint density at radius 1 is 0.848 bits per heavy atom. The zero-order valence-electron chi connectivity index (χ0n) is 23.0. The summed E-state index contributed by atoms with van der Waals surface area (Å²) in [6.07, 6.45) is -13.2. The Morgan fingerprint density at radius 3 is 1.89 bits per heavy atom. The molecule has 4 unspecified atom stereocenters. The fraction of sp³-hybridized carbons (Fsp3) is 0.524. The molecule has 0 radical (unpaired) electrons. The van der Waals surface area contributed by atoms with E-state index in [4.69, 9.17) is 30.0 Å². The van der Waals surface area contributed by atoms with Gasteiger partial charge in [0, 0.05) is 6.54 Å². The van der Waals surface area contributed by atoms with Gasteiger partial charge in [-0.25, -0.2) is 28.4 Å². The largest absolute Gasteiger partial charge is 0.403 e. The van der Waals surface area contributed by atoms with Crippen LogP contribution in [0.1, 0.15) is 18.9 Å². The maximum absolute atomic E-state index is 16.0. The maximum Gasteiger partial charge on any atom is 0.403 e. The first-order valence-electron chi connectivity index (χ1n) is 13.5. The van der Waals surface area contributed by atoms with Crippen LogP contribution in [-0.4, -0.2) is 98.3 Å². The summed E-state index contributed by atoms with van der Waals surface area (Å²) < 4.78 is 82.5. The summed E-state index contributed by atoms with van der Waals surface area (Å²) in [7, 11) is -9.61. The number of ether oxygens (including phenoxy) is 2. The Bertz CT molecular complexity index is 1910. The molecule has 3 aliphatic heterocycles. The van der Waals surface area contributed by atoms with Gasteiger partial charge in [-0.05, 0) is 6.42 Å². The second kappa shape index (κ2) is 11.0. The van der Waals surface area contributed by atoms with Crippen molar-refractivity contribution in [2.45, 2.75) is 55.6 Å². The number of anilines is 2. The van der Waals surface area contributed by atoms with Crippen LogP contribution in [-0.2, 0) is 27.7 Å². The molecule has 0 spiro atoms. The molecule has 0 amide bonds.